The third-order valence-corrected chi connectivity index (χ3v) is 3.90. The number of carbonyl (C=O) groups excluding carboxylic acids is 2. The molecule has 2 bridgehead atoms. The lowest BCUT2D eigenvalue weighted by atomic mass is 9.81. The Morgan fingerprint density at radius 2 is 1.59 bits per heavy atom. The maximum Gasteiger partial charge on any atom is 0.255 e. The van der Waals surface area contributed by atoms with Gasteiger partial charge in [0.1, 0.15) is 12.7 Å². The number of rotatable bonds is 1. The Morgan fingerprint density at radius 1 is 1.06 bits per heavy atom. The fourth-order valence-electron chi connectivity index (χ4n) is 3.22. The maximum absolute atomic E-state index is 12.2. The molecule has 3 aliphatic rings. The van der Waals surface area contributed by atoms with Crippen LogP contribution in [0.15, 0.2) is 12.7 Å². The Hall–Kier alpha value is -1.76. The fraction of sp³-hybridized carbons (Fsp3) is 0.600. The number of carbonyl (C=O) groups is 2. The zero-order chi connectivity index (χ0) is 11.6. The van der Waals surface area contributed by atoms with Crippen molar-refractivity contribution in [3.8, 4) is 0 Å². The second-order valence-electron chi connectivity index (χ2n) is 4.67. The molecule has 2 amide bonds. The normalized spacial score (nSPS) is 39.2. The standard InChI is InChI=1S/C10H10N4O3/c15-9-7-5-1-2-6(17-5)8(7)10(16)14(9)13-3-11-12-4-13/h3-8H,1-2H2/t5-,6-,7+,8+/m1/s1. The molecular weight excluding hydrogens is 224 g/mol. The molecular formula is C10H10N4O3. The van der Waals surface area contributed by atoms with Gasteiger partial charge >= 0.3 is 0 Å². The van der Waals surface area contributed by atoms with Gasteiger partial charge in [-0.3, -0.25) is 9.59 Å². The number of hydrogen-bond donors (Lipinski definition) is 0. The van der Waals surface area contributed by atoms with Gasteiger partial charge in [-0.05, 0) is 12.8 Å². The Morgan fingerprint density at radius 3 is 2.12 bits per heavy atom. The molecule has 7 heteroatoms. The molecule has 4 heterocycles. The van der Waals surface area contributed by atoms with Crippen LogP contribution in [0.1, 0.15) is 12.8 Å². The van der Waals surface area contributed by atoms with Crippen LogP contribution in [0.5, 0.6) is 0 Å². The van der Waals surface area contributed by atoms with E-state index < -0.39 is 0 Å². The van der Waals surface area contributed by atoms with E-state index in [4.69, 9.17) is 4.74 Å². The summed E-state index contributed by atoms with van der Waals surface area (Å²) < 4.78 is 6.99. The zero-order valence-electron chi connectivity index (χ0n) is 8.89. The van der Waals surface area contributed by atoms with Gasteiger partial charge in [-0.2, -0.15) is 5.01 Å². The van der Waals surface area contributed by atoms with Crippen molar-refractivity contribution in [3.05, 3.63) is 12.7 Å². The summed E-state index contributed by atoms with van der Waals surface area (Å²) in [6, 6.07) is 0. The molecule has 0 spiro atoms. The molecule has 0 aromatic carbocycles. The molecule has 4 atom stereocenters. The van der Waals surface area contributed by atoms with Crippen LogP contribution in [-0.2, 0) is 14.3 Å². The molecule has 0 unspecified atom stereocenters. The van der Waals surface area contributed by atoms with Crippen LogP contribution in [0.25, 0.3) is 0 Å². The molecule has 0 aliphatic carbocycles. The quantitative estimate of drug-likeness (QED) is 0.587. The lowest BCUT2D eigenvalue weighted by Gasteiger charge is -2.16. The van der Waals surface area contributed by atoms with Gasteiger partial charge in [0.25, 0.3) is 11.8 Å². The third-order valence-electron chi connectivity index (χ3n) is 3.90. The van der Waals surface area contributed by atoms with Crippen LogP contribution < -0.4 is 5.01 Å². The van der Waals surface area contributed by atoms with Crippen molar-refractivity contribution in [1.82, 2.24) is 14.9 Å². The summed E-state index contributed by atoms with van der Waals surface area (Å²) in [6.45, 7) is 0. The van der Waals surface area contributed by atoms with Crippen molar-refractivity contribution in [3.63, 3.8) is 0 Å². The van der Waals surface area contributed by atoms with E-state index in [9.17, 15) is 9.59 Å². The van der Waals surface area contributed by atoms with Crippen molar-refractivity contribution in [2.45, 2.75) is 25.0 Å². The van der Waals surface area contributed by atoms with Gasteiger partial charge in [-0.25, -0.2) is 4.68 Å². The Balaban J connectivity index is 1.77. The minimum atomic E-state index is -0.302. The number of hydrogen-bond acceptors (Lipinski definition) is 5. The van der Waals surface area contributed by atoms with Crippen LogP contribution in [0.2, 0.25) is 0 Å². The summed E-state index contributed by atoms with van der Waals surface area (Å²) in [6.07, 6.45) is 4.31. The Kier molecular flexibility index (Phi) is 1.60. The van der Waals surface area contributed by atoms with Gasteiger partial charge < -0.3 is 4.74 Å². The predicted molar refractivity (Wildman–Crippen MR) is 53.1 cm³/mol. The van der Waals surface area contributed by atoms with Gasteiger partial charge in [-0.15, -0.1) is 10.2 Å². The second-order valence-corrected chi connectivity index (χ2v) is 4.67. The molecule has 3 fully saturated rings. The number of imide groups is 1. The number of aromatic nitrogens is 3. The first-order valence-corrected chi connectivity index (χ1v) is 5.65. The van der Waals surface area contributed by atoms with E-state index in [1.807, 2.05) is 0 Å². The van der Waals surface area contributed by atoms with Crippen molar-refractivity contribution in [2.24, 2.45) is 11.8 Å². The molecule has 1 aromatic rings. The Bertz CT molecular complexity index is 472. The summed E-state index contributed by atoms with van der Waals surface area (Å²) >= 11 is 0. The van der Waals surface area contributed by atoms with Gasteiger partial charge in [0.2, 0.25) is 0 Å². The summed E-state index contributed by atoms with van der Waals surface area (Å²) in [5.74, 6) is -0.980. The molecule has 0 N–H and O–H groups in total. The van der Waals surface area contributed by atoms with E-state index >= 15 is 0 Å². The third kappa shape index (κ3) is 0.998. The van der Waals surface area contributed by atoms with E-state index in [0.29, 0.717) is 0 Å². The highest BCUT2D eigenvalue weighted by molar-refractivity contribution is 6.17. The van der Waals surface area contributed by atoms with Crippen LogP contribution in [0.3, 0.4) is 0 Å². The number of amides is 2. The molecule has 3 aliphatic heterocycles. The molecule has 3 saturated heterocycles. The maximum atomic E-state index is 12.2. The molecule has 7 nitrogen and oxygen atoms in total. The molecule has 88 valence electrons. The van der Waals surface area contributed by atoms with Gasteiger partial charge in [-0.1, -0.05) is 0 Å². The van der Waals surface area contributed by atoms with Gasteiger partial charge in [0.05, 0.1) is 24.0 Å². The Labute approximate surface area is 96.3 Å². The lowest BCUT2D eigenvalue weighted by molar-refractivity contribution is -0.127. The van der Waals surface area contributed by atoms with Crippen molar-refractivity contribution < 1.29 is 14.3 Å². The minimum absolute atomic E-state index is 0.0806. The number of ether oxygens (including phenoxy) is 1. The largest absolute Gasteiger partial charge is 0.373 e. The van der Waals surface area contributed by atoms with Crippen molar-refractivity contribution in [1.29, 1.82) is 0 Å². The lowest BCUT2D eigenvalue weighted by Crippen LogP contribution is -2.42. The van der Waals surface area contributed by atoms with Gasteiger partial charge in [0.15, 0.2) is 0 Å². The number of nitrogens with zero attached hydrogens (tertiary/aromatic N) is 4. The van der Waals surface area contributed by atoms with Crippen LogP contribution >= 0.6 is 0 Å². The van der Waals surface area contributed by atoms with Crippen LogP contribution in [0.4, 0.5) is 0 Å². The molecule has 1 aromatic heterocycles. The van der Waals surface area contributed by atoms with E-state index in [-0.39, 0.29) is 35.9 Å². The van der Waals surface area contributed by atoms with Crippen LogP contribution in [-0.4, -0.2) is 38.9 Å². The average molecular weight is 234 g/mol. The summed E-state index contributed by atoms with van der Waals surface area (Å²) in [4.78, 5) is 24.5. The highest BCUT2D eigenvalue weighted by Gasteiger charge is 2.63. The second kappa shape index (κ2) is 2.92. The monoisotopic (exact) mass is 234 g/mol. The topological polar surface area (TPSA) is 77.3 Å². The summed E-state index contributed by atoms with van der Waals surface area (Å²) in [5.41, 5.74) is 0. The zero-order valence-corrected chi connectivity index (χ0v) is 8.89. The molecule has 0 saturated carbocycles. The average Bonchev–Trinajstić information content (AvgIpc) is 3.03. The SMILES string of the molecule is O=C1[C@@H]2[C@@H](C(=O)N1n1cnnc1)[C@H]1CC[C@H]2O1. The fourth-order valence-corrected chi connectivity index (χ4v) is 3.22. The molecule has 0 radical (unpaired) electrons. The summed E-state index contributed by atoms with van der Waals surface area (Å²) in [7, 11) is 0. The highest BCUT2D eigenvalue weighted by Crippen LogP contribution is 2.47. The molecule has 17 heavy (non-hydrogen) atoms. The highest BCUT2D eigenvalue weighted by atomic mass is 16.5. The molecule has 4 rings (SSSR count). The smallest absolute Gasteiger partial charge is 0.255 e. The van der Waals surface area contributed by atoms with Crippen molar-refractivity contribution >= 4 is 11.8 Å². The van der Waals surface area contributed by atoms with Crippen molar-refractivity contribution in [2.75, 3.05) is 5.01 Å². The predicted octanol–water partition coefficient (Wildman–Crippen LogP) is -0.924. The van der Waals surface area contributed by atoms with E-state index in [2.05, 4.69) is 10.2 Å². The number of fused-ring (bicyclic) bond motifs is 5. The minimum Gasteiger partial charge on any atom is -0.373 e. The summed E-state index contributed by atoms with van der Waals surface area (Å²) in [5, 5.41) is 8.38. The van der Waals surface area contributed by atoms with Gasteiger partial charge in [0, 0.05) is 0 Å². The first kappa shape index (κ1) is 9.29. The first-order valence-electron chi connectivity index (χ1n) is 5.65. The van der Waals surface area contributed by atoms with E-state index in [1.165, 1.54) is 17.3 Å². The first-order chi connectivity index (χ1) is 8.27. The van der Waals surface area contributed by atoms with E-state index in [0.717, 1.165) is 17.9 Å². The van der Waals surface area contributed by atoms with Crippen LogP contribution in [0, 0.1) is 11.8 Å². The van der Waals surface area contributed by atoms with E-state index in [1.54, 1.807) is 0 Å².